The van der Waals surface area contributed by atoms with Crippen LogP contribution in [0.3, 0.4) is 0 Å². The van der Waals surface area contributed by atoms with E-state index < -0.39 is 0 Å². The van der Waals surface area contributed by atoms with E-state index >= 15 is 0 Å². The van der Waals surface area contributed by atoms with Crippen molar-refractivity contribution in [3.63, 3.8) is 0 Å². The monoisotopic (exact) mass is 314 g/mol. The summed E-state index contributed by atoms with van der Waals surface area (Å²) in [6, 6.07) is 8.52. The van der Waals surface area contributed by atoms with Gasteiger partial charge in [0.1, 0.15) is 0 Å². The summed E-state index contributed by atoms with van der Waals surface area (Å²) in [5, 5.41) is 4.52. The molecular formula is C17H22N4S. The van der Waals surface area contributed by atoms with Gasteiger partial charge in [0.15, 0.2) is 0 Å². The Morgan fingerprint density at radius 1 is 1.27 bits per heavy atom. The molecule has 0 spiro atoms. The van der Waals surface area contributed by atoms with Crippen molar-refractivity contribution in [1.82, 2.24) is 19.7 Å². The predicted molar refractivity (Wildman–Crippen MR) is 92.3 cm³/mol. The van der Waals surface area contributed by atoms with Crippen molar-refractivity contribution in [1.29, 1.82) is 0 Å². The smallest absolute Gasteiger partial charge is 0.0815 e. The molecule has 3 rings (SSSR count). The maximum absolute atomic E-state index is 4.52. The summed E-state index contributed by atoms with van der Waals surface area (Å²) in [5.41, 5.74) is 6.75. The Hall–Kier alpha value is -1.72. The summed E-state index contributed by atoms with van der Waals surface area (Å²) in [6.07, 6.45) is 1.11. The molecular weight excluding hydrogens is 292 g/mol. The Morgan fingerprint density at radius 3 is 2.91 bits per heavy atom. The summed E-state index contributed by atoms with van der Waals surface area (Å²) >= 11 is 1.73. The number of hydrogen-bond donors (Lipinski definition) is 0. The quantitative estimate of drug-likeness (QED) is 0.697. The van der Waals surface area contributed by atoms with Crippen molar-refractivity contribution in [3.05, 3.63) is 46.7 Å². The first-order valence-electron chi connectivity index (χ1n) is 7.64. The Kier molecular flexibility index (Phi) is 4.55. The van der Waals surface area contributed by atoms with Gasteiger partial charge in [0.05, 0.1) is 21.4 Å². The normalized spacial score (nSPS) is 11.6. The van der Waals surface area contributed by atoms with Crippen LogP contribution in [0.1, 0.15) is 23.4 Å². The number of nitrogens with zero attached hydrogens (tertiary/aromatic N) is 4. The third-order valence-corrected chi connectivity index (χ3v) is 4.81. The molecule has 2 aromatic heterocycles. The lowest BCUT2D eigenvalue weighted by Crippen LogP contribution is -2.20. The number of rotatable bonds is 6. The van der Waals surface area contributed by atoms with Crippen LogP contribution in [0.2, 0.25) is 0 Å². The van der Waals surface area contributed by atoms with Gasteiger partial charge in [0.25, 0.3) is 0 Å². The second-order valence-corrected chi connectivity index (χ2v) is 6.71. The van der Waals surface area contributed by atoms with Crippen LogP contribution in [0.15, 0.2) is 29.8 Å². The average Bonchev–Trinajstić information content (AvgIpc) is 3.06. The highest BCUT2D eigenvalue weighted by Crippen LogP contribution is 2.23. The molecule has 22 heavy (non-hydrogen) atoms. The first-order valence-corrected chi connectivity index (χ1v) is 8.52. The number of thiazole rings is 1. The van der Waals surface area contributed by atoms with Crippen LogP contribution in [0, 0.1) is 13.8 Å². The van der Waals surface area contributed by atoms with E-state index in [9.17, 15) is 0 Å². The zero-order chi connectivity index (χ0) is 15.5. The number of aromatic nitrogens is 3. The van der Waals surface area contributed by atoms with E-state index in [4.69, 9.17) is 0 Å². The maximum Gasteiger partial charge on any atom is 0.0815 e. The fraction of sp³-hybridized carbons (Fsp3) is 0.412. The van der Waals surface area contributed by atoms with E-state index in [0.717, 1.165) is 37.3 Å². The predicted octanol–water partition coefficient (Wildman–Crippen LogP) is 3.63. The topological polar surface area (TPSA) is 34.0 Å². The molecule has 0 aliphatic rings. The lowest BCUT2D eigenvalue weighted by molar-refractivity contribution is 0.312. The van der Waals surface area contributed by atoms with Gasteiger partial charge in [-0.25, -0.2) is 4.98 Å². The van der Waals surface area contributed by atoms with Crippen LogP contribution < -0.4 is 0 Å². The van der Waals surface area contributed by atoms with Gasteiger partial charge in [0.2, 0.25) is 0 Å². The van der Waals surface area contributed by atoms with Crippen LogP contribution in [0.5, 0.6) is 0 Å². The van der Waals surface area contributed by atoms with Gasteiger partial charge in [-0.05, 0) is 51.6 Å². The number of hydrogen-bond acceptors (Lipinski definition) is 4. The minimum atomic E-state index is 0.969. The largest absolute Gasteiger partial charge is 0.302 e. The maximum atomic E-state index is 4.52. The lowest BCUT2D eigenvalue weighted by Gasteiger charge is -2.17. The van der Waals surface area contributed by atoms with E-state index in [0.29, 0.717) is 0 Å². The SMILES string of the molecule is Cc1cc(C)n(CCCN(C)Cc2cccc3ncsc23)n1. The van der Waals surface area contributed by atoms with Crippen LogP contribution >= 0.6 is 11.3 Å². The van der Waals surface area contributed by atoms with Gasteiger partial charge < -0.3 is 4.90 Å². The van der Waals surface area contributed by atoms with Gasteiger partial charge in [-0.1, -0.05) is 12.1 Å². The molecule has 0 aliphatic heterocycles. The fourth-order valence-corrected chi connectivity index (χ4v) is 3.63. The molecule has 0 bridgehead atoms. The molecule has 4 nitrogen and oxygen atoms in total. The zero-order valence-corrected chi connectivity index (χ0v) is 14.2. The van der Waals surface area contributed by atoms with Gasteiger partial charge in [-0.2, -0.15) is 5.10 Å². The summed E-state index contributed by atoms with van der Waals surface area (Å²) in [4.78, 5) is 6.76. The third kappa shape index (κ3) is 3.36. The molecule has 0 saturated heterocycles. The van der Waals surface area contributed by atoms with Gasteiger partial charge >= 0.3 is 0 Å². The molecule has 0 saturated carbocycles. The number of aryl methyl sites for hydroxylation is 3. The lowest BCUT2D eigenvalue weighted by atomic mass is 10.2. The number of fused-ring (bicyclic) bond motifs is 1. The Bertz CT molecular complexity index is 759. The van der Waals surface area contributed by atoms with Crippen molar-refractivity contribution < 1.29 is 0 Å². The van der Waals surface area contributed by atoms with Crippen LogP contribution in [-0.4, -0.2) is 33.3 Å². The van der Waals surface area contributed by atoms with E-state index in [-0.39, 0.29) is 0 Å². The summed E-state index contributed by atoms with van der Waals surface area (Å²) in [6.45, 7) is 7.18. The van der Waals surface area contributed by atoms with Crippen LogP contribution in [0.25, 0.3) is 10.2 Å². The standard InChI is InChI=1S/C17H22N4S/c1-13-10-14(2)21(19-13)9-5-8-20(3)11-15-6-4-7-16-17(15)22-12-18-16/h4,6-7,10,12H,5,8-9,11H2,1-3H3. The highest BCUT2D eigenvalue weighted by atomic mass is 32.1. The molecule has 0 aliphatic carbocycles. The molecule has 0 radical (unpaired) electrons. The van der Waals surface area contributed by atoms with Gasteiger partial charge in [-0.15, -0.1) is 11.3 Å². The highest BCUT2D eigenvalue weighted by molar-refractivity contribution is 7.16. The minimum absolute atomic E-state index is 0.969. The van der Waals surface area contributed by atoms with E-state index in [1.54, 1.807) is 11.3 Å². The van der Waals surface area contributed by atoms with E-state index in [2.05, 4.69) is 57.9 Å². The first-order chi connectivity index (χ1) is 10.6. The molecule has 0 N–H and O–H groups in total. The summed E-state index contributed by atoms with van der Waals surface area (Å²) in [7, 11) is 2.18. The highest BCUT2D eigenvalue weighted by Gasteiger charge is 2.07. The molecule has 1 aromatic carbocycles. The molecule has 2 heterocycles. The van der Waals surface area contributed by atoms with Crippen molar-refractivity contribution in [2.45, 2.75) is 33.4 Å². The van der Waals surface area contributed by atoms with Crippen LogP contribution in [-0.2, 0) is 13.1 Å². The first kappa shape index (κ1) is 15.2. The third-order valence-electron chi connectivity index (χ3n) is 3.89. The molecule has 0 atom stereocenters. The molecule has 5 heteroatoms. The molecule has 0 amide bonds. The zero-order valence-electron chi connectivity index (χ0n) is 13.4. The summed E-state index contributed by atoms with van der Waals surface area (Å²) < 4.78 is 3.42. The molecule has 0 unspecified atom stereocenters. The Morgan fingerprint density at radius 2 is 2.14 bits per heavy atom. The second kappa shape index (κ2) is 6.58. The second-order valence-electron chi connectivity index (χ2n) is 5.86. The Labute approximate surface area is 135 Å². The van der Waals surface area contributed by atoms with E-state index in [1.807, 2.05) is 12.4 Å². The van der Waals surface area contributed by atoms with Crippen LogP contribution in [0.4, 0.5) is 0 Å². The van der Waals surface area contributed by atoms with Gasteiger partial charge in [-0.3, -0.25) is 4.68 Å². The summed E-state index contributed by atoms with van der Waals surface area (Å²) in [5.74, 6) is 0. The minimum Gasteiger partial charge on any atom is -0.302 e. The average molecular weight is 314 g/mol. The van der Waals surface area contributed by atoms with Crippen molar-refractivity contribution in [2.24, 2.45) is 0 Å². The van der Waals surface area contributed by atoms with Crippen molar-refractivity contribution in [3.8, 4) is 0 Å². The van der Waals surface area contributed by atoms with Gasteiger partial charge in [0, 0.05) is 18.8 Å². The van der Waals surface area contributed by atoms with Crippen molar-refractivity contribution in [2.75, 3.05) is 13.6 Å². The fourth-order valence-electron chi connectivity index (χ4n) is 2.83. The Balaban J connectivity index is 1.55. The van der Waals surface area contributed by atoms with Crippen molar-refractivity contribution >= 4 is 21.6 Å². The molecule has 3 aromatic rings. The molecule has 0 fully saturated rings. The van der Waals surface area contributed by atoms with E-state index in [1.165, 1.54) is 16.0 Å². The molecule has 116 valence electrons. The number of benzene rings is 1.